The molecule has 2 aromatic rings. The average Bonchev–Trinajstić information content (AvgIpc) is 2.92. The van der Waals surface area contributed by atoms with Crippen molar-refractivity contribution in [3.63, 3.8) is 0 Å². The first-order valence-corrected chi connectivity index (χ1v) is 9.37. The number of hydrogen-bond donors (Lipinski definition) is 0. The molecule has 136 valence electrons. The number of aromatic nitrogens is 4. The molecule has 8 nitrogen and oxygen atoms in total. The lowest BCUT2D eigenvalue weighted by Gasteiger charge is -2.21. The van der Waals surface area contributed by atoms with E-state index in [0.717, 1.165) is 12.1 Å². The van der Waals surface area contributed by atoms with Crippen LogP contribution < -0.4 is 0 Å². The molecule has 1 fully saturated rings. The molecule has 0 aromatic carbocycles. The van der Waals surface area contributed by atoms with Crippen molar-refractivity contribution in [2.75, 3.05) is 31.9 Å². The van der Waals surface area contributed by atoms with Crippen molar-refractivity contribution >= 4 is 23.6 Å². The lowest BCUT2D eigenvalue weighted by molar-refractivity contribution is -0.128. The number of carbonyl (C=O) groups is 2. The number of aryl methyl sites for hydroxylation is 1. The molecule has 0 atom stereocenters. The summed E-state index contributed by atoms with van der Waals surface area (Å²) < 4.78 is 0. The van der Waals surface area contributed by atoms with Gasteiger partial charge in [-0.3, -0.25) is 14.6 Å². The lowest BCUT2D eigenvalue weighted by Crippen LogP contribution is -2.38. The highest BCUT2D eigenvalue weighted by Gasteiger charge is 2.23. The van der Waals surface area contributed by atoms with Gasteiger partial charge in [0, 0.05) is 50.5 Å². The van der Waals surface area contributed by atoms with E-state index in [9.17, 15) is 9.59 Å². The van der Waals surface area contributed by atoms with Crippen LogP contribution in [0.2, 0.25) is 0 Å². The molecule has 1 aliphatic rings. The molecule has 2 amide bonds. The molecule has 3 rings (SSSR count). The Balaban J connectivity index is 1.53. The average molecular weight is 372 g/mol. The third-order valence-corrected chi connectivity index (χ3v) is 4.86. The molecule has 1 aliphatic heterocycles. The Bertz CT molecular complexity index is 773. The van der Waals surface area contributed by atoms with Crippen LogP contribution in [-0.4, -0.2) is 73.5 Å². The van der Waals surface area contributed by atoms with Crippen LogP contribution in [0.25, 0.3) is 0 Å². The molecule has 2 aromatic heterocycles. The minimum atomic E-state index is -0.144. The standard InChI is InChI=1S/C17H20N6O2S/c1-13-3-4-20-17(21-13)26-12-15(24)22-7-2-8-23(10-9-22)16(25)14-11-18-5-6-19-14/h3-6,11H,2,7-10,12H2,1H3. The van der Waals surface area contributed by atoms with E-state index in [2.05, 4.69) is 19.9 Å². The highest BCUT2D eigenvalue weighted by atomic mass is 32.2. The van der Waals surface area contributed by atoms with Gasteiger partial charge < -0.3 is 9.80 Å². The van der Waals surface area contributed by atoms with Crippen molar-refractivity contribution in [2.24, 2.45) is 0 Å². The first-order valence-electron chi connectivity index (χ1n) is 8.39. The molecule has 0 bridgehead atoms. The number of amides is 2. The maximum absolute atomic E-state index is 12.5. The highest BCUT2D eigenvalue weighted by Crippen LogP contribution is 2.14. The Morgan fingerprint density at radius 1 is 1.08 bits per heavy atom. The summed E-state index contributed by atoms with van der Waals surface area (Å²) in [6.07, 6.45) is 6.94. The SMILES string of the molecule is Cc1ccnc(SCC(=O)N2CCCN(C(=O)c3cnccn3)CC2)n1. The molecule has 0 N–H and O–H groups in total. The van der Waals surface area contributed by atoms with Crippen LogP contribution in [0.15, 0.2) is 36.0 Å². The maximum Gasteiger partial charge on any atom is 0.274 e. The number of thioether (sulfide) groups is 1. The van der Waals surface area contributed by atoms with Crippen molar-refractivity contribution in [1.82, 2.24) is 29.7 Å². The fraction of sp³-hybridized carbons (Fsp3) is 0.412. The molecule has 0 radical (unpaired) electrons. The van der Waals surface area contributed by atoms with Crippen LogP contribution >= 0.6 is 11.8 Å². The molecule has 0 spiro atoms. The smallest absolute Gasteiger partial charge is 0.274 e. The van der Waals surface area contributed by atoms with Gasteiger partial charge in [-0.25, -0.2) is 15.0 Å². The van der Waals surface area contributed by atoms with Crippen LogP contribution in [-0.2, 0) is 4.79 Å². The topological polar surface area (TPSA) is 92.2 Å². The number of carbonyl (C=O) groups excluding carboxylic acids is 2. The van der Waals surface area contributed by atoms with E-state index in [1.807, 2.05) is 13.0 Å². The highest BCUT2D eigenvalue weighted by molar-refractivity contribution is 7.99. The third-order valence-electron chi connectivity index (χ3n) is 4.02. The Kier molecular flexibility index (Phi) is 6.11. The van der Waals surface area contributed by atoms with Crippen molar-refractivity contribution in [2.45, 2.75) is 18.5 Å². The maximum atomic E-state index is 12.5. The van der Waals surface area contributed by atoms with Gasteiger partial charge in [0.15, 0.2) is 5.16 Å². The minimum Gasteiger partial charge on any atom is -0.340 e. The van der Waals surface area contributed by atoms with Gasteiger partial charge in [0.25, 0.3) is 5.91 Å². The summed E-state index contributed by atoms with van der Waals surface area (Å²) >= 11 is 1.33. The molecule has 26 heavy (non-hydrogen) atoms. The predicted molar refractivity (Wildman–Crippen MR) is 96.6 cm³/mol. The van der Waals surface area contributed by atoms with Crippen LogP contribution in [0.1, 0.15) is 22.6 Å². The van der Waals surface area contributed by atoms with Gasteiger partial charge in [0.1, 0.15) is 5.69 Å². The Labute approximate surface area is 156 Å². The summed E-state index contributed by atoms with van der Waals surface area (Å²) in [5, 5.41) is 0.604. The third kappa shape index (κ3) is 4.75. The molecule has 0 aliphatic carbocycles. The van der Waals surface area contributed by atoms with E-state index in [0.29, 0.717) is 42.8 Å². The van der Waals surface area contributed by atoms with E-state index in [4.69, 9.17) is 0 Å². The van der Waals surface area contributed by atoms with Crippen molar-refractivity contribution in [3.8, 4) is 0 Å². The molecule has 0 unspecified atom stereocenters. The second kappa shape index (κ2) is 8.70. The van der Waals surface area contributed by atoms with E-state index in [1.54, 1.807) is 16.0 Å². The van der Waals surface area contributed by atoms with Gasteiger partial charge in [-0.05, 0) is 19.4 Å². The lowest BCUT2D eigenvalue weighted by atomic mass is 10.3. The Morgan fingerprint density at radius 2 is 1.88 bits per heavy atom. The fourth-order valence-corrected chi connectivity index (χ4v) is 3.43. The van der Waals surface area contributed by atoms with Gasteiger partial charge in [0.2, 0.25) is 5.91 Å². The van der Waals surface area contributed by atoms with Crippen LogP contribution in [0.3, 0.4) is 0 Å². The van der Waals surface area contributed by atoms with E-state index in [-0.39, 0.29) is 11.8 Å². The second-order valence-electron chi connectivity index (χ2n) is 5.89. The zero-order chi connectivity index (χ0) is 18.4. The van der Waals surface area contributed by atoms with Gasteiger partial charge in [-0.15, -0.1) is 0 Å². The number of nitrogens with zero attached hydrogens (tertiary/aromatic N) is 6. The zero-order valence-electron chi connectivity index (χ0n) is 14.5. The molecular formula is C17H20N6O2S. The summed E-state index contributed by atoms with van der Waals surface area (Å²) in [5.41, 5.74) is 1.21. The summed E-state index contributed by atoms with van der Waals surface area (Å²) in [7, 11) is 0. The largest absolute Gasteiger partial charge is 0.340 e. The van der Waals surface area contributed by atoms with Crippen LogP contribution in [0, 0.1) is 6.92 Å². The zero-order valence-corrected chi connectivity index (χ0v) is 15.4. The van der Waals surface area contributed by atoms with E-state index >= 15 is 0 Å². The first kappa shape index (κ1) is 18.2. The van der Waals surface area contributed by atoms with Crippen LogP contribution in [0.5, 0.6) is 0 Å². The molecule has 9 heteroatoms. The fourth-order valence-electron chi connectivity index (χ4n) is 2.65. The van der Waals surface area contributed by atoms with Gasteiger partial charge in [0.05, 0.1) is 11.9 Å². The summed E-state index contributed by atoms with van der Waals surface area (Å²) in [5.74, 6) is 0.186. The van der Waals surface area contributed by atoms with E-state index < -0.39 is 0 Å². The molecule has 0 saturated carbocycles. The van der Waals surface area contributed by atoms with Gasteiger partial charge >= 0.3 is 0 Å². The minimum absolute atomic E-state index is 0.0360. The Morgan fingerprint density at radius 3 is 2.65 bits per heavy atom. The predicted octanol–water partition coefficient (Wildman–Crippen LogP) is 1.04. The van der Waals surface area contributed by atoms with Crippen molar-refractivity contribution < 1.29 is 9.59 Å². The number of hydrogen-bond acceptors (Lipinski definition) is 7. The van der Waals surface area contributed by atoms with Gasteiger partial charge in [-0.2, -0.15) is 0 Å². The Hall–Kier alpha value is -2.55. The summed E-state index contributed by atoms with van der Waals surface area (Å²) in [4.78, 5) is 44.9. The summed E-state index contributed by atoms with van der Waals surface area (Å²) in [6.45, 7) is 4.14. The summed E-state index contributed by atoms with van der Waals surface area (Å²) in [6, 6.07) is 1.82. The van der Waals surface area contributed by atoms with Crippen molar-refractivity contribution in [1.29, 1.82) is 0 Å². The van der Waals surface area contributed by atoms with E-state index in [1.165, 1.54) is 30.4 Å². The monoisotopic (exact) mass is 372 g/mol. The molecular weight excluding hydrogens is 352 g/mol. The molecule has 1 saturated heterocycles. The molecule has 3 heterocycles. The quantitative estimate of drug-likeness (QED) is 0.585. The van der Waals surface area contributed by atoms with Gasteiger partial charge in [-0.1, -0.05) is 11.8 Å². The first-order chi connectivity index (χ1) is 12.6. The van der Waals surface area contributed by atoms with Crippen LogP contribution in [0.4, 0.5) is 0 Å². The van der Waals surface area contributed by atoms with Crippen molar-refractivity contribution in [3.05, 3.63) is 42.2 Å². The number of rotatable bonds is 4. The normalized spacial score (nSPS) is 14.8. The second-order valence-corrected chi connectivity index (χ2v) is 6.83.